The van der Waals surface area contributed by atoms with Crippen molar-refractivity contribution >= 4 is 17.2 Å². The standard InChI is InChI=1S/C17H18N4O/c1-3-9-18-16-7-8-17-19-11-15(21(17)20-16)14-6-4-5-13(10-14)12(2)22/h4-8,10-11H,3,9H2,1-2H3,(H,18,20). The smallest absolute Gasteiger partial charge is 0.159 e. The van der Waals surface area contributed by atoms with Crippen molar-refractivity contribution in [2.45, 2.75) is 20.3 Å². The lowest BCUT2D eigenvalue weighted by molar-refractivity contribution is 0.101. The molecule has 1 N–H and O–H groups in total. The Kier molecular flexibility index (Phi) is 3.87. The van der Waals surface area contributed by atoms with Crippen LogP contribution in [-0.2, 0) is 0 Å². The minimum Gasteiger partial charge on any atom is -0.369 e. The van der Waals surface area contributed by atoms with Gasteiger partial charge in [-0.2, -0.15) is 0 Å². The van der Waals surface area contributed by atoms with Crippen LogP contribution in [0.2, 0.25) is 0 Å². The van der Waals surface area contributed by atoms with E-state index in [0.717, 1.165) is 35.7 Å². The fourth-order valence-corrected chi connectivity index (χ4v) is 2.32. The second-order valence-electron chi connectivity index (χ2n) is 5.20. The van der Waals surface area contributed by atoms with Crippen LogP contribution in [-0.4, -0.2) is 26.9 Å². The maximum Gasteiger partial charge on any atom is 0.159 e. The maximum absolute atomic E-state index is 11.6. The number of fused-ring (bicyclic) bond motifs is 1. The number of carbonyl (C=O) groups is 1. The average Bonchev–Trinajstić information content (AvgIpc) is 2.96. The van der Waals surface area contributed by atoms with Crippen molar-refractivity contribution in [2.24, 2.45) is 0 Å². The summed E-state index contributed by atoms with van der Waals surface area (Å²) >= 11 is 0. The number of ketones is 1. The minimum atomic E-state index is 0.0499. The van der Waals surface area contributed by atoms with Crippen LogP contribution in [0.5, 0.6) is 0 Å². The number of carbonyl (C=O) groups excluding carboxylic acids is 1. The summed E-state index contributed by atoms with van der Waals surface area (Å²) in [7, 11) is 0. The molecule has 22 heavy (non-hydrogen) atoms. The normalized spacial score (nSPS) is 10.8. The zero-order valence-electron chi connectivity index (χ0n) is 12.7. The van der Waals surface area contributed by atoms with E-state index in [1.54, 1.807) is 17.6 Å². The first-order valence-electron chi connectivity index (χ1n) is 7.39. The van der Waals surface area contributed by atoms with Crippen molar-refractivity contribution in [1.29, 1.82) is 0 Å². The summed E-state index contributed by atoms with van der Waals surface area (Å²) in [4.78, 5) is 15.9. The van der Waals surface area contributed by atoms with Gasteiger partial charge in [0.15, 0.2) is 11.4 Å². The van der Waals surface area contributed by atoms with Gasteiger partial charge in [-0.05, 0) is 31.5 Å². The van der Waals surface area contributed by atoms with E-state index >= 15 is 0 Å². The highest BCUT2D eigenvalue weighted by atomic mass is 16.1. The number of Topliss-reactive ketones (excluding diaryl/α,β-unsaturated/α-hetero) is 1. The molecule has 1 aromatic carbocycles. The Morgan fingerprint density at radius 3 is 2.91 bits per heavy atom. The molecule has 2 heterocycles. The molecule has 3 rings (SSSR count). The Bertz CT molecular complexity index is 822. The fraction of sp³-hybridized carbons (Fsp3) is 0.235. The molecular weight excluding hydrogens is 276 g/mol. The third kappa shape index (κ3) is 2.70. The van der Waals surface area contributed by atoms with Gasteiger partial charge in [-0.25, -0.2) is 9.50 Å². The number of benzene rings is 1. The van der Waals surface area contributed by atoms with Gasteiger partial charge in [0.2, 0.25) is 0 Å². The lowest BCUT2D eigenvalue weighted by Gasteiger charge is -2.06. The summed E-state index contributed by atoms with van der Waals surface area (Å²) in [6.07, 6.45) is 2.82. The fourth-order valence-electron chi connectivity index (χ4n) is 2.32. The van der Waals surface area contributed by atoms with Crippen LogP contribution >= 0.6 is 0 Å². The van der Waals surface area contributed by atoms with Crippen molar-refractivity contribution < 1.29 is 4.79 Å². The molecule has 0 saturated heterocycles. The average molecular weight is 294 g/mol. The van der Waals surface area contributed by atoms with E-state index in [9.17, 15) is 4.79 Å². The molecule has 0 spiro atoms. The van der Waals surface area contributed by atoms with E-state index in [2.05, 4.69) is 22.3 Å². The number of imidazole rings is 1. The highest BCUT2D eigenvalue weighted by molar-refractivity contribution is 5.95. The molecule has 0 atom stereocenters. The van der Waals surface area contributed by atoms with Gasteiger partial charge in [-0.15, -0.1) is 5.10 Å². The van der Waals surface area contributed by atoms with Gasteiger partial charge in [0.05, 0.1) is 11.9 Å². The third-order valence-electron chi connectivity index (χ3n) is 3.48. The number of aromatic nitrogens is 3. The summed E-state index contributed by atoms with van der Waals surface area (Å²) in [5.41, 5.74) is 3.27. The van der Waals surface area contributed by atoms with Crippen molar-refractivity contribution in [3.8, 4) is 11.3 Å². The van der Waals surface area contributed by atoms with Gasteiger partial charge in [-0.3, -0.25) is 4.79 Å². The van der Waals surface area contributed by atoms with Crippen molar-refractivity contribution in [3.63, 3.8) is 0 Å². The SMILES string of the molecule is CCCNc1ccc2ncc(-c3cccc(C(C)=O)c3)n2n1. The van der Waals surface area contributed by atoms with Crippen LogP contribution < -0.4 is 5.32 Å². The van der Waals surface area contributed by atoms with Crippen LogP contribution in [0, 0.1) is 0 Å². The van der Waals surface area contributed by atoms with E-state index in [1.807, 2.05) is 36.4 Å². The van der Waals surface area contributed by atoms with E-state index in [-0.39, 0.29) is 5.78 Å². The van der Waals surface area contributed by atoms with Crippen LogP contribution in [0.3, 0.4) is 0 Å². The molecule has 0 aliphatic heterocycles. The molecule has 0 bridgehead atoms. The largest absolute Gasteiger partial charge is 0.369 e. The first-order valence-corrected chi connectivity index (χ1v) is 7.39. The molecule has 3 aromatic rings. The molecule has 0 fully saturated rings. The maximum atomic E-state index is 11.6. The summed E-state index contributed by atoms with van der Waals surface area (Å²) in [6, 6.07) is 11.4. The second kappa shape index (κ2) is 5.97. The van der Waals surface area contributed by atoms with Gasteiger partial charge in [0.25, 0.3) is 0 Å². The van der Waals surface area contributed by atoms with Crippen LogP contribution in [0.4, 0.5) is 5.82 Å². The summed E-state index contributed by atoms with van der Waals surface area (Å²) in [5, 5.41) is 7.85. The monoisotopic (exact) mass is 294 g/mol. The topological polar surface area (TPSA) is 59.3 Å². The van der Waals surface area contributed by atoms with E-state index < -0.39 is 0 Å². The molecule has 0 amide bonds. The number of hydrogen-bond acceptors (Lipinski definition) is 4. The Balaban J connectivity index is 2.06. The Labute approximate surface area is 129 Å². The molecule has 5 nitrogen and oxygen atoms in total. The van der Waals surface area contributed by atoms with Crippen LogP contribution in [0.1, 0.15) is 30.6 Å². The number of nitrogens with one attached hydrogen (secondary N) is 1. The van der Waals surface area contributed by atoms with Crippen LogP contribution in [0.15, 0.2) is 42.6 Å². The number of rotatable bonds is 5. The lowest BCUT2D eigenvalue weighted by Crippen LogP contribution is -2.05. The summed E-state index contributed by atoms with van der Waals surface area (Å²) < 4.78 is 1.80. The Morgan fingerprint density at radius 1 is 1.27 bits per heavy atom. The second-order valence-corrected chi connectivity index (χ2v) is 5.20. The zero-order valence-corrected chi connectivity index (χ0v) is 12.7. The molecule has 2 aromatic heterocycles. The first-order chi connectivity index (χ1) is 10.7. The number of hydrogen-bond donors (Lipinski definition) is 1. The quantitative estimate of drug-likeness (QED) is 0.732. The number of anilines is 1. The first kappa shape index (κ1) is 14.3. The van der Waals surface area contributed by atoms with Crippen molar-refractivity contribution in [3.05, 3.63) is 48.2 Å². The summed E-state index contributed by atoms with van der Waals surface area (Å²) in [6.45, 7) is 4.56. The molecule has 0 radical (unpaired) electrons. The zero-order chi connectivity index (χ0) is 15.5. The van der Waals surface area contributed by atoms with Crippen LogP contribution in [0.25, 0.3) is 16.9 Å². The predicted octanol–water partition coefficient (Wildman–Crippen LogP) is 3.42. The van der Waals surface area contributed by atoms with Gasteiger partial charge >= 0.3 is 0 Å². The minimum absolute atomic E-state index is 0.0499. The molecule has 0 aliphatic rings. The highest BCUT2D eigenvalue weighted by Gasteiger charge is 2.09. The number of nitrogens with zero attached hydrogens (tertiary/aromatic N) is 3. The highest BCUT2D eigenvalue weighted by Crippen LogP contribution is 2.22. The van der Waals surface area contributed by atoms with Gasteiger partial charge < -0.3 is 5.32 Å². The van der Waals surface area contributed by atoms with Crippen molar-refractivity contribution in [1.82, 2.24) is 14.6 Å². The molecular formula is C17H18N4O. The van der Waals surface area contributed by atoms with Crippen molar-refractivity contribution in [2.75, 3.05) is 11.9 Å². The van der Waals surface area contributed by atoms with E-state index in [0.29, 0.717) is 5.56 Å². The molecule has 5 heteroatoms. The Morgan fingerprint density at radius 2 is 2.14 bits per heavy atom. The van der Waals surface area contributed by atoms with Gasteiger partial charge in [0, 0.05) is 17.7 Å². The lowest BCUT2D eigenvalue weighted by atomic mass is 10.1. The van der Waals surface area contributed by atoms with E-state index in [1.165, 1.54) is 0 Å². The van der Waals surface area contributed by atoms with E-state index in [4.69, 9.17) is 0 Å². The van der Waals surface area contributed by atoms with Gasteiger partial charge in [-0.1, -0.05) is 25.1 Å². The predicted molar refractivity (Wildman–Crippen MR) is 87.2 cm³/mol. The van der Waals surface area contributed by atoms with Gasteiger partial charge in [0.1, 0.15) is 5.82 Å². The molecule has 0 aliphatic carbocycles. The third-order valence-corrected chi connectivity index (χ3v) is 3.48. The molecule has 0 saturated carbocycles. The summed E-state index contributed by atoms with van der Waals surface area (Å²) in [5.74, 6) is 0.866. The molecule has 0 unspecified atom stereocenters. The molecule has 112 valence electrons. The Hall–Kier alpha value is -2.69.